The molecule has 0 amide bonds. The largest absolute Gasteiger partial charge is 0.458 e. The highest BCUT2D eigenvalue weighted by atomic mass is 19.3. The molecule has 114 valence electrons. The molecule has 0 saturated heterocycles. The van der Waals surface area contributed by atoms with Gasteiger partial charge in [0.25, 0.3) is 0 Å². The van der Waals surface area contributed by atoms with Crippen LogP contribution in [0.2, 0.25) is 0 Å². The molecule has 0 aromatic heterocycles. The fourth-order valence-corrected chi connectivity index (χ4v) is 1.75. The van der Waals surface area contributed by atoms with Crippen LogP contribution in [-0.2, 0) is 4.74 Å². The van der Waals surface area contributed by atoms with E-state index in [-0.39, 0.29) is 17.9 Å². The first-order valence-electron chi connectivity index (χ1n) is 6.59. The molecule has 0 aliphatic heterocycles. The fourth-order valence-electron chi connectivity index (χ4n) is 1.75. The molecular formula is C17H14F2O3. The molecular weight excluding hydrogens is 290 g/mol. The van der Waals surface area contributed by atoms with Gasteiger partial charge in [-0.05, 0) is 29.8 Å². The van der Waals surface area contributed by atoms with Crippen LogP contribution in [0.15, 0.2) is 60.7 Å². The van der Waals surface area contributed by atoms with Crippen LogP contribution in [0.1, 0.15) is 15.9 Å². The Bertz CT molecular complexity index is 639. The second-order valence-electron chi connectivity index (χ2n) is 4.32. The first-order valence-corrected chi connectivity index (χ1v) is 6.59. The van der Waals surface area contributed by atoms with Crippen LogP contribution in [0.25, 0.3) is 6.08 Å². The molecule has 0 saturated carbocycles. The molecule has 0 aliphatic rings. The first kappa shape index (κ1) is 15.7. The number of halogens is 2. The number of carbonyl (C=O) groups is 1. The van der Waals surface area contributed by atoms with Crippen molar-refractivity contribution < 1.29 is 23.0 Å². The predicted octanol–water partition coefficient (Wildman–Crippen LogP) is 4.16. The average molecular weight is 304 g/mol. The zero-order valence-corrected chi connectivity index (χ0v) is 11.6. The molecule has 3 nitrogen and oxygen atoms in total. The van der Waals surface area contributed by atoms with Crippen LogP contribution in [0.5, 0.6) is 5.75 Å². The van der Waals surface area contributed by atoms with Gasteiger partial charge in [0.2, 0.25) is 0 Å². The van der Waals surface area contributed by atoms with E-state index in [2.05, 4.69) is 4.74 Å². The molecule has 2 aromatic carbocycles. The van der Waals surface area contributed by atoms with Crippen molar-refractivity contribution >= 4 is 12.0 Å². The molecule has 0 radical (unpaired) electrons. The van der Waals surface area contributed by atoms with Gasteiger partial charge in [-0.25, -0.2) is 4.79 Å². The predicted molar refractivity (Wildman–Crippen MR) is 78.8 cm³/mol. The van der Waals surface area contributed by atoms with Gasteiger partial charge in [-0.15, -0.1) is 0 Å². The van der Waals surface area contributed by atoms with Gasteiger partial charge in [0.05, 0.1) is 5.56 Å². The standard InChI is InChI=1S/C17H14F2O3/c18-17(19)22-15-10-4-9-14(12-15)16(20)21-11-5-8-13-6-2-1-3-7-13/h1-10,12,17H,11H2/b8-5+. The number of rotatable bonds is 6. The summed E-state index contributed by atoms with van der Waals surface area (Å²) in [6, 6.07) is 15.0. The highest BCUT2D eigenvalue weighted by molar-refractivity contribution is 5.89. The van der Waals surface area contributed by atoms with Crippen LogP contribution < -0.4 is 4.74 Å². The quantitative estimate of drug-likeness (QED) is 0.752. The van der Waals surface area contributed by atoms with Gasteiger partial charge < -0.3 is 9.47 Å². The summed E-state index contributed by atoms with van der Waals surface area (Å²) in [6.45, 7) is -2.84. The maximum atomic E-state index is 12.1. The zero-order valence-electron chi connectivity index (χ0n) is 11.6. The number of alkyl halides is 2. The Balaban J connectivity index is 1.88. The molecule has 0 atom stereocenters. The highest BCUT2D eigenvalue weighted by Crippen LogP contribution is 2.16. The summed E-state index contributed by atoms with van der Waals surface area (Å²) in [5.41, 5.74) is 1.15. The van der Waals surface area contributed by atoms with E-state index < -0.39 is 12.6 Å². The molecule has 0 N–H and O–H groups in total. The van der Waals surface area contributed by atoms with Crippen molar-refractivity contribution in [3.63, 3.8) is 0 Å². The van der Waals surface area contributed by atoms with Gasteiger partial charge in [-0.2, -0.15) is 8.78 Å². The van der Waals surface area contributed by atoms with Gasteiger partial charge in [-0.1, -0.05) is 42.5 Å². The van der Waals surface area contributed by atoms with E-state index in [1.54, 1.807) is 6.08 Å². The summed E-state index contributed by atoms with van der Waals surface area (Å²) < 4.78 is 33.5. The monoisotopic (exact) mass is 304 g/mol. The Morgan fingerprint density at radius 3 is 2.59 bits per heavy atom. The van der Waals surface area contributed by atoms with Crippen molar-refractivity contribution in [2.24, 2.45) is 0 Å². The maximum Gasteiger partial charge on any atom is 0.387 e. The third-order valence-electron chi connectivity index (χ3n) is 2.72. The Hall–Kier alpha value is -2.69. The molecule has 0 aliphatic carbocycles. The zero-order chi connectivity index (χ0) is 15.8. The lowest BCUT2D eigenvalue weighted by Gasteiger charge is -2.06. The minimum Gasteiger partial charge on any atom is -0.458 e. The number of hydrogen-bond donors (Lipinski definition) is 0. The van der Waals surface area contributed by atoms with Gasteiger partial charge >= 0.3 is 12.6 Å². The molecule has 2 rings (SSSR count). The molecule has 0 bridgehead atoms. The van der Waals surface area contributed by atoms with E-state index in [1.165, 1.54) is 24.3 Å². The Morgan fingerprint density at radius 1 is 1.09 bits per heavy atom. The Labute approximate surface area is 126 Å². The summed E-state index contributed by atoms with van der Waals surface area (Å²) in [4.78, 5) is 11.8. The van der Waals surface area contributed by atoms with Crippen LogP contribution in [0.3, 0.4) is 0 Å². The van der Waals surface area contributed by atoms with Crippen LogP contribution in [0, 0.1) is 0 Å². The van der Waals surface area contributed by atoms with Gasteiger partial charge in [-0.3, -0.25) is 0 Å². The third kappa shape index (κ3) is 5.01. The van der Waals surface area contributed by atoms with E-state index in [9.17, 15) is 13.6 Å². The number of hydrogen-bond acceptors (Lipinski definition) is 3. The van der Waals surface area contributed by atoms with Crippen molar-refractivity contribution in [2.45, 2.75) is 6.61 Å². The van der Waals surface area contributed by atoms with E-state index in [1.807, 2.05) is 36.4 Å². The molecule has 5 heteroatoms. The van der Waals surface area contributed by atoms with Crippen LogP contribution in [0.4, 0.5) is 8.78 Å². The third-order valence-corrected chi connectivity index (χ3v) is 2.72. The number of esters is 1. The van der Waals surface area contributed by atoms with Gasteiger partial charge in [0.1, 0.15) is 12.4 Å². The van der Waals surface area contributed by atoms with Crippen molar-refractivity contribution in [1.82, 2.24) is 0 Å². The van der Waals surface area contributed by atoms with E-state index in [0.717, 1.165) is 5.56 Å². The summed E-state index contributed by atoms with van der Waals surface area (Å²) in [5, 5.41) is 0. The first-order chi connectivity index (χ1) is 10.6. The highest BCUT2D eigenvalue weighted by Gasteiger charge is 2.10. The smallest absolute Gasteiger partial charge is 0.387 e. The molecule has 0 heterocycles. The van der Waals surface area contributed by atoms with Gasteiger partial charge in [0, 0.05) is 0 Å². The molecule has 0 fully saturated rings. The number of carbonyl (C=O) groups excluding carboxylic acids is 1. The molecule has 22 heavy (non-hydrogen) atoms. The van der Waals surface area contributed by atoms with Crippen molar-refractivity contribution in [2.75, 3.05) is 6.61 Å². The minimum atomic E-state index is -2.93. The fraction of sp³-hybridized carbons (Fsp3) is 0.118. The second-order valence-corrected chi connectivity index (χ2v) is 4.32. The lowest BCUT2D eigenvalue weighted by molar-refractivity contribution is -0.0499. The maximum absolute atomic E-state index is 12.1. The lowest BCUT2D eigenvalue weighted by atomic mass is 10.2. The number of ether oxygens (including phenoxy) is 2. The van der Waals surface area contributed by atoms with E-state index >= 15 is 0 Å². The van der Waals surface area contributed by atoms with Crippen LogP contribution >= 0.6 is 0 Å². The second kappa shape index (κ2) is 7.93. The Kier molecular flexibility index (Phi) is 5.65. The SMILES string of the molecule is O=C(OC/C=C/c1ccccc1)c1cccc(OC(F)F)c1. The Morgan fingerprint density at radius 2 is 1.86 bits per heavy atom. The van der Waals surface area contributed by atoms with Crippen molar-refractivity contribution in [3.05, 3.63) is 71.8 Å². The van der Waals surface area contributed by atoms with E-state index in [4.69, 9.17) is 4.74 Å². The lowest BCUT2D eigenvalue weighted by Crippen LogP contribution is -2.07. The van der Waals surface area contributed by atoms with Crippen molar-refractivity contribution in [3.8, 4) is 5.75 Å². The molecule has 2 aromatic rings. The summed E-state index contributed by atoms with van der Waals surface area (Å²) in [5.74, 6) is -0.679. The van der Waals surface area contributed by atoms with E-state index in [0.29, 0.717) is 0 Å². The summed E-state index contributed by atoms with van der Waals surface area (Å²) in [6.07, 6.45) is 3.52. The number of benzene rings is 2. The molecule has 0 spiro atoms. The minimum absolute atomic E-state index is 0.0794. The topological polar surface area (TPSA) is 35.5 Å². The van der Waals surface area contributed by atoms with Gasteiger partial charge in [0.15, 0.2) is 0 Å². The average Bonchev–Trinajstić information content (AvgIpc) is 2.52. The summed E-state index contributed by atoms with van der Waals surface area (Å²) in [7, 11) is 0. The summed E-state index contributed by atoms with van der Waals surface area (Å²) >= 11 is 0. The van der Waals surface area contributed by atoms with Crippen LogP contribution in [-0.4, -0.2) is 19.2 Å². The molecule has 0 unspecified atom stereocenters. The van der Waals surface area contributed by atoms with Crippen molar-refractivity contribution in [1.29, 1.82) is 0 Å². The normalized spacial score (nSPS) is 10.9.